The van der Waals surface area contributed by atoms with Crippen LogP contribution < -0.4 is 10.5 Å². The fourth-order valence-corrected chi connectivity index (χ4v) is 4.44. The molecule has 1 heterocycles. The predicted molar refractivity (Wildman–Crippen MR) is 95.9 cm³/mol. The Hall–Kier alpha value is -1.55. The lowest BCUT2D eigenvalue weighted by molar-refractivity contribution is -0.135. The monoisotopic (exact) mass is 330 g/mol. The predicted octanol–water partition coefficient (Wildman–Crippen LogP) is 3.66. The van der Waals surface area contributed by atoms with E-state index in [4.69, 9.17) is 10.5 Å². The molecule has 0 radical (unpaired) electrons. The van der Waals surface area contributed by atoms with E-state index >= 15 is 0 Å². The third-order valence-electron chi connectivity index (χ3n) is 5.93. The Balaban J connectivity index is 1.73. The number of amides is 1. The molecule has 2 N–H and O–H groups in total. The average Bonchev–Trinajstić information content (AvgIpc) is 3.12. The molecule has 1 amide bonds. The second-order valence-electron chi connectivity index (χ2n) is 7.46. The summed E-state index contributed by atoms with van der Waals surface area (Å²) in [7, 11) is 1.69. The lowest BCUT2D eigenvalue weighted by atomic mass is 9.71. The van der Waals surface area contributed by atoms with E-state index in [-0.39, 0.29) is 17.4 Å². The topological polar surface area (TPSA) is 55.6 Å². The van der Waals surface area contributed by atoms with Crippen LogP contribution in [0.25, 0.3) is 0 Å². The second kappa shape index (κ2) is 7.56. The van der Waals surface area contributed by atoms with Crippen molar-refractivity contribution in [3.8, 4) is 5.75 Å². The first-order valence-corrected chi connectivity index (χ1v) is 9.31. The Labute approximate surface area is 145 Å². The van der Waals surface area contributed by atoms with Crippen LogP contribution in [0.3, 0.4) is 0 Å². The maximum Gasteiger partial charge on any atom is 0.223 e. The summed E-state index contributed by atoms with van der Waals surface area (Å²) in [6.45, 7) is 1.50. The number of ether oxygens (including phenoxy) is 1. The minimum absolute atomic E-state index is 0.0385. The number of carbonyl (C=O) groups excluding carboxylic acids is 1. The maximum atomic E-state index is 13.1. The number of hydrogen-bond donors (Lipinski definition) is 1. The van der Waals surface area contributed by atoms with E-state index in [1.165, 1.54) is 24.8 Å². The highest BCUT2D eigenvalue weighted by Crippen LogP contribution is 2.41. The van der Waals surface area contributed by atoms with Gasteiger partial charge in [0.2, 0.25) is 5.91 Å². The molecule has 0 aromatic heterocycles. The van der Waals surface area contributed by atoms with E-state index in [1.807, 2.05) is 12.1 Å². The molecule has 0 spiro atoms. The molecule has 1 aliphatic heterocycles. The molecule has 4 nitrogen and oxygen atoms in total. The summed E-state index contributed by atoms with van der Waals surface area (Å²) in [4.78, 5) is 15.1. The van der Waals surface area contributed by atoms with Gasteiger partial charge in [0, 0.05) is 13.0 Å². The Kier molecular flexibility index (Phi) is 5.44. The number of hydrogen-bond acceptors (Lipinski definition) is 3. The van der Waals surface area contributed by atoms with Gasteiger partial charge in [-0.2, -0.15) is 0 Å². The van der Waals surface area contributed by atoms with Gasteiger partial charge in [-0.1, -0.05) is 31.4 Å². The molecule has 1 saturated carbocycles. The molecule has 1 aromatic rings. The van der Waals surface area contributed by atoms with Crippen molar-refractivity contribution >= 4 is 5.91 Å². The molecule has 3 rings (SSSR count). The van der Waals surface area contributed by atoms with Crippen molar-refractivity contribution in [2.24, 2.45) is 11.1 Å². The van der Waals surface area contributed by atoms with E-state index in [0.29, 0.717) is 13.0 Å². The van der Waals surface area contributed by atoms with Crippen LogP contribution in [-0.4, -0.2) is 31.0 Å². The molecule has 1 aliphatic carbocycles. The lowest BCUT2D eigenvalue weighted by Crippen LogP contribution is -2.40. The first kappa shape index (κ1) is 17.3. The number of likely N-dealkylation sites (tertiary alicyclic amines) is 1. The van der Waals surface area contributed by atoms with Gasteiger partial charge in [-0.15, -0.1) is 0 Å². The van der Waals surface area contributed by atoms with Gasteiger partial charge in [0.1, 0.15) is 5.75 Å². The standard InChI is InChI=1S/C20H30N2O2/c1-24-17-8-5-7-16(13-17)18-9-6-12-22(18)19(23)14-20(15-21)10-3-2-4-11-20/h5,7-8,13,18H,2-4,6,9-12,14-15,21H2,1H3. The van der Waals surface area contributed by atoms with Crippen LogP contribution in [0.2, 0.25) is 0 Å². The highest BCUT2D eigenvalue weighted by Gasteiger charge is 2.37. The minimum atomic E-state index is 0.0385. The highest BCUT2D eigenvalue weighted by molar-refractivity contribution is 5.78. The largest absolute Gasteiger partial charge is 0.497 e. The number of carbonyl (C=O) groups is 1. The maximum absolute atomic E-state index is 13.1. The Morgan fingerprint density at radius 2 is 2.08 bits per heavy atom. The number of methoxy groups -OCH3 is 1. The van der Waals surface area contributed by atoms with Gasteiger partial charge >= 0.3 is 0 Å². The summed E-state index contributed by atoms with van der Waals surface area (Å²) in [5.74, 6) is 1.14. The van der Waals surface area contributed by atoms with Gasteiger partial charge < -0.3 is 15.4 Å². The third kappa shape index (κ3) is 3.59. The molecule has 1 aromatic carbocycles. The molecule has 2 aliphatic rings. The molecule has 1 saturated heterocycles. The third-order valence-corrected chi connectivity index (χ3v) is 5.93. The van der Waals surface area contributed by atoms with Crippen LogP contribution in [0.15, 0.2) is 24.3 Å². The zero-order valence-corrected chi connectivity index (χ0v) is 14.8. The molecule has 1 unspecified atom stereocenters. The van der Waals surface area contributed by atoms with E-state index in [9.17, 15) is 4.79 Å². The van der Waals surface area contributed by atoms with Crippen molar-refractivity contribution in [1.82, 2.24) is 4.90 Å². The van der Waals surface area contributed by atoms with Gasteiger partial charge in [0.25, 0.3) is 0 Å². The van der Waals surface area contributed by atoms with Gasteiger partial charge in [-0.25, -0.2) is 0 Å². The molecular weight excluding hydrogens is 300 g/mol. The van der Waals surface area contributed by atoms with Crippen LogP contribution in [0.4, 0.5) is 0 Å². The SMILES string of the molecule is COc1cccc(C2CCCN2C(=O)CC2(CN)CCCCC2)c1. The summed E-state index contributed by atoms with van der Waals surface area (Å²) in [5, 5.41) is 0. The van der Waals surface area contributed by atoms with Crippen LogP contribution in [-0.2, 0) is 4.79 Å². The molecule has 132 valence electrons. The van der Waals surface area contributed by atoms with Crippen molar-refractivity contribution < 1.29 is 9.53 Å². The number of benzene rings is 1. The Morgan fingerprint density at radius 1 is 1.29 bits per heavy atom. The van der Waals surface area contributed by atoms with Crippen molar-refractivity contribution in [1.29, 1.82) is 0 Å². The van der Waals surface area contributed by atoms with E-state index < -0.39 is 0 Å². The van der Waals surface area contributed by atoms with Gasteiger partial charge in [-0.3, -0.25) is 4.79 Å². The van der Waals surface area contributed by atoms with E-state index in [0.717, 1.165) is 38.0 Å². The molecule has 4 heteroatoms. The smallest absolute Gasteiger partial charge is 0.223 e. The summed E-state index contributed by atoms with van der Waals surface area (Å²) in [6.07, 6.45) is 8.64. The molecule has 2 fully saturated rings. The highest BCUT2D eigenvalue weighted by atomic mass is 16.5. The summed E-state index contributed by atoms with van der Waals surface area (Å²) >= 11 is 0. The van der Waals surface area contributed by atoms with E-state index in [2.05, 4.69) is 17.0 Å². The van der Waals surface area contributed by atoms with Gasteiger partial charge in [-0.05, 0) is 55.3 Å². The molecule has 24 heavy (non-hydrogen) atoms. The van der Waals surface area contributed by atoms with E-state index in [1.54, 1.807) is 7.11 Å². The first-order chi connectivity index (χ1) is 11.7. The van der Waals surface area contributed by atoms with Crippen LogP contribution >= 0.6 is 0 Å². The van der Waals surface area contributed by atoms with Crippen molar-refractivity contribution in [2.75, 3.05) is 20.2 Å². The zero-order valence-electron chi connectivity index (χ0n) is 14.8. The summed E-state index contributed by atoms with van der Waals surface area (Å²) in [5.41, 5.74) is 7.31. The van der Waals surface area contributed by atoms with Crippen LogP contribution in [0.1, 0.15) is 63.0 Å². The number of nitrogens with zero attached hydrogens (tertiary/aromatic N) is 1. The lowest BCUT2D eigenvalue weighted by Gasteiger charge is -2.37. The summed E-state index contributed by atoms with van der Waals surface area (Å²) < 4.78 is 5.35. The van der Waals surface area contributed by atoms with Gasteiger partial charge in [0.15, 0.2) is 0 Å². The normalized spacial score (nSPS) is 23.2. The first-order valence-electron chi connectivity index (χ1n) is 9.31. The summed E-state index contributed by atoms with van der Waals surface area (Å²) in [6, 6.07) is 8.33. The Bertz CT molecular complexity index is 567. The fourth-order valence-electron chi connectivity index (χ4n) is 4.44. The molecule has 1 atom stereocenters. The molecule has 0 bridgehead atoms. The number of rotatable bonds is 5. The minimum Gasteiger partial charge on any atom is -0.497 e. The number of nitrogens with two attached hydrogens (primary N) is 1. The Morgan fingerprint density at radius 3 is 2.79 bits per heavy atom. The van der Waals surface area contributed by atoms with Crippen molar-refractivity contribution in [3.63, 3.8) is 0 Å². The second-order valence-corrected chi connectivity index (χ2v) is 7.46. The fraction of sp³-hybridized carbons (Fsp3) is 0.650. The van der Waals surface area contributed by atoms with Crippen LogP contribution in [0, 0.1) is 5.41 Å². The van der Waals surface area contributed by atoms with Crippen LogP contribution in [0.5, 0.6) is 5.75 Å². The van der Waals surface area contributed by atoms with Gasteiger partial charge in [0.05, 0.1) is 13.2 Å². The van der Waals surface area contributed by atoms with Crippen molar-refractivity contribution in [2.45, 2.75) is 57.4 Å². The average molecular weight is 330 g/mol. The molecular formula is C20H30N2O2. The quantitative estimate of drug-likeness (QED) is 0.896. The zero-order chi connectivity index (χ0) is 17.0. The van der Waals surface area contributed by atoms with Crippen molar-refractivity contribution in [3.05, 3.63) is 29.8 Å².